The molecule has 17 heavy (non-hydrogen) atoms. The molecule has 1 rings (SSSR count). The Bertz CT molecular complexity index is 366. The van der Waals surface area contributed by atoms with Crippen molar-refractivity contribution in [3.05, 3.63) is 35.4 Å². The van der Waals surface area contributed by atoms with Gasteiger partial charge in [0.15, 0.2) is 0 Å². The fourth-order valence-corrected chi connectivity index (χ4v) is 2.09. The van der Waals surface area contributed by atoms with Gasteiger partial charge in [0.25, 0.3) is 0 Å². The molecule has 3 nitrogen and oxygen atoms in total. The summed E-state index contributed by atoms with van der Waals surface area (Å²) >= 11 is 0. The number of likely N-dealkylation sites (N-methyl/N-ethyl adjacent to an activating group) is 1. The minimum Gasteiger partial charge on any atom is -0.467 e. The number of rotatable bonds is 5. The first-order valence-corrected chi connectivity index (χ1v) is 6.01. The zero-order valence-electron chi connectivity index (χ0n) is 11.0. The lowest BCUT2D eigenvalue weighted by Gasteiger charge is -2.30. The van der Waals surface area contributed by atoms with Gasteiger partial charge in [0.05, 0.1) is 7.11 Å². The number of nitrogens with one attached hydrogen (secondary N) is 1. The molecule has 0 heterocycles. The van der Waals surface area contributed by atoms with E-state index in [4.69, 9.17) is 4.74 Å². The number of hydrogen-bond acceptors (Lipinski definition) is 3. The van der Waals surface area contributed by atoms with Gasteiger partial charge in [-0.25, -0.2) is 4.79 Å². The Kier molecular flexibility index (Phi) is 4.70. The Morgan fingerprint density at radius 3 is 2.24 bits per heavy atom. The summed E-state index contributed by atoms with van der Waals surface area (Å²) in [4.78, 5) is 12.0. The predicted molar refractivity (Wildman–Crippen MR) is 68.9 cm³/mol. The molecule has 1 aromatic carbocycles. The van der Waals surface area contributed by atoms with E-state index in [1.165, 1.54) is 12.7 Å². The van der Waals surface area contributed by atoms with Crippen LogP contribution in [0.15, 0.2) is 24.3 Å². The van der Waals surface area contributed by atoms with E-state index >= 15 is 0 Å². The minimum absolute atomic E-state index is 0.244. The Hall–Kier alpha value is -1.35. The van der Waals surface area contributed by atoms with Gasteiger partial charge in [-0.2, -0.15) is 0 Å². The zero-order chi connectivity index (χ0) is 12.9. The lowest BCUT2D eigenvalue weighted by atomic mass is 9.86. The molecule has 0 fully saturated rings. The number of aryl methyl sites for hydroxylation is 1. The molecule has 3 heteroatoms. The van der Waals surface area contributed by atoms with Crippen molar-refractivity contribution < 1.29 is 9.53 Å². The van der Waals surface area contributed by atoms with Crippen LogP contribution < -0.4 is 5.32 Å². The largest absolute Gasteiger partial charge is 0.467 e. The van der Waals surface area contributed by atoms with Crippen molar-refractivity contribution >= 4 is 5.97 Å². The van der Waals surface area contributed by atoms with Crippen LogP contribution in [-0.2, 0) is 21.5 Å². The number of carbonyl (C=O) groups excluding carboxylic acids is 1. The Labute approximate surface area is 103 Å². The molecule has 0 saturated carbocycles. The summed E-state index contributed by atoms with van der Waals surface area (Å²) in [6, 6.07) is 8.10. The average molecular weight is 235 g/mol. The third kappa shape index (κ3) is 2.50. The van der Waals surface area contributed by atoms with E-state index in [0.29, 0.717) is 6.42 Å². The van der Waals surface area contributed by atoms with E-state index in [1.54, 1.807) is 7.05 Å². The molecule has 0 radical (unpaired) electrons. The summed E-state index contributed by atoms with van der Waals surface area (Å²) in [5.41, 5.74) is 1.48. The molecule has 94 valence electrons. The second-order valence-corrected chi connectivity index (χ2v) is 4.05. The molecule has 0 spiro atoms. The van der Waals surface area contributed by atoms with Crippen molar-refractivity contribution in [2.75, 3.05) is 14.2 Å². The van der Waals surface area contributed by atoms with Gasteiger partial charge in [-0.3, -0.25) is 0 Å². The summed E-state index contributed by atoms with van der Waals surface area (Å²) in [5.74, 6) is -0.244. The monoisotopic (exact) mass is 235 g/mol. The third-order valence-corrected chi connectivity index (χ3v) is 3.35. The molecule has 1 N–H and O–H groups in total. The normalized spacial score (nSPS) is 14.1. The number of methoxy groups -OCH3 is 1. The Morgan fingerprint density at radius 2 is 1.88 bits per heavy atom. The summed E-state index contributed by atoms with van der Waals surface area (Å²) in [5, 5.41) is 3.10. The van der Waals surface area contributed by atoms with Crippen LogP contribution in [0.3, 0.4) is 0 Å². The van der Waals surface area contributed by atoms with Crippen LogP contribution in [0.2, 0.25) is 0 Å². The van der Waals surface area contributed by atoms with Crippen molar-refractivity contribution in [2.24, 2.45) is 0 Å². The molecule has 0 bridgehead atoms. The van der Waals surface area contributed by atoms with Crippen LogP contribution >= 0.6 is 0 Å². The summed E-state index contributed by atoms with van der Waals surface area (Å²) in [7, 11) is 3.21. The van der Waals surface area contributed by atoms with E-state index in [2.05, 4.69) is 24.4 Å². The van der Waals surface area contributed by atoms with Crippen LogP contribution in [0.5, 0.6) is 0 Å². The smallest absolute Gasteiger partial charge is 0.330 e. The molecule has 1 unspecified atom stereocenters. The van der Waals surface area contributed by atoms with E-state index in [0.717, 1.165) is 12.0 Å². The highest BCUT2D eigenvalue weighted by Gasteiger charge is 2.37. The molecule has 0 aliphatic heterocycles. The first-order chi connectivity index (χ1) is 8.14. The van der Waals surface area contributed by atoms with Crippen LogP contribution in [0.4, 0.5) is 0 Å². The standard InChI is InChI=1S/C14H21NO2/c1-5-11-7-9-12(10-8-11)14(6-2,15-3)13(16)17-4/h7-10,15H,5-6H2,1-4H3. The quantitative estimate of drug-likeness (QED) is 0.795. The van der Waals surface area contributed by atoms with Crippen LogP contribution in [0, 0.1) is 0 Å². The van der Waals surface area contributed by atoms with Crippen molar-refractivity contribution in [3.8, 4) is 0 Å². The Balaban J connectivity index is 3.17. The molecular formula is C14H21NO2. The highest BCUT2D eigenvalue weighted by atomic mass is 16.5. The summed E-state index contributed by atoms with van der Waals surface area (Å²) < 4.78 is 4.91. The van der Waals surface area contributed by atoms with Crippen LogP contribution in [-0.4, -0.2) is 20.1 Å². The van der Waals surface area contributed by atoms with Gasteiger partial charge in [0.2, 0.25) is 0 Å². The van der Waals surface area contributed by atoms with E-state index in [1.807, 2.05) is 19.1 Å². The average Bonchev–Trinajstić information content (AvgIpc) is 2.41. The minimum atomic E-state index is -0.735. The van der Waals surface area contributed by atoms with Gasteiger partial charge in [0.1, 0.15) is 5.54 Å². The maximum absolute atomic E-state index is 12.0. The highest BCUT2D eigenvalue weighted by Crippen LogP contribution is 2.26. The summed E-state index contributed by atoms with van der Waals surface area (Å²) in [6.07, 6.45) is 1.65. The number of benzene rings is 1. The molecule has 0 aromatic heterocycles. The van der Waals surface area contributed by atoms with E-state index < -0.39 is 5.54 Å². The summed E-state index contributed by atoms with van der Waals surface area (Å²) in [6.45, 7) is 4.08. The maximum Gasteiger partial charge on any atom is 0.330 e. The number of carbonyl (C=O) groups is 1. The Morgan fingerprint density at radius 1 is 1.29 bits per heavy atom. The van der Waals surface area contributed by atoms with Gasteiger partial charge < -0.3 is 10.1 Å². The van der Waals surface area contributed by atoms with Gasteiger partial charge in [-0.15, -0.1) is 0 Å². The van der Waals surface area contributed by atoms with Crippen LogP contribution in [0.1, 0.15) is 31.4 Å². The zero-order valence-corrected chi connectivity index (χ0v) is 11.0. The number of hydrogen-bond donors (Lipinski definition) is 1. The molecule has 1 atom stereocenters. The maximum atomic E-state index is 12.0. The van der Waals surface area contributed by atoms with Crippen molar-refractivity contribution in [2.45, 2.75) is 32.2 Å². The fourth-order valence-electron chi connectivity index (χ4n) is 2.09. The molecule has 0 aliphatic rings. The van der Waals surface area contributed by atoms with Gasteiger partial charge in [0, 0.05) is 0 Å². The molecule has 0 saturated heterocycles. The highest BCUT2D eigenvalue weighted by molar-refractivity contribution is 5.82. The van der Waals surface area contributed by atoms with E-state index in [-0.39, 0.29) is 5.97 Å². The van der Waals surface area contributed by atoms with Gasteiger partial charge in [-0.1, -0.05) is 38.1 Å². The second-order valence-electron chi connectivity index (χ2n) is 4.05. The van der Waals surface area contributed by atoms with Gasteiger partial charge in [-0.05, 0) is 31.0 Å². The number of esters is 1. The molecule has 0 amide bonds. The molecule has 1 aromatic rings. The lowest BCUT2D eigenvalue weighted by molar-refractivity contribution is -0.149. The SMILES string of the molecule is CCc1ccc(C(CC)(NC)C(=O)OC)cc1. The van der Waals surface area contributed by atoms with E-state index in [9.17, 15) is 4.79 Å². The lowest BCUT2D eigenvalue weighted by Crippen LogP contribution is -2.47. The topological polar surface area (TPSA) is 38.3 Å². The third-order valence-electron chi connectivity index (χ3n) is 3.35. The first kappa shape index (κ1) is 13.7. The van der Waals surface area contributed by atoms with Crippen LogP contribution in [0.25, 0.3) is 0 Å². The first-order valence-electron chi connectivity index (χ1n) is 6.01. The molecular weight excluding hydrogens is 214 g/mol. The van der Waals surface area contributed by atoms with Gasteiger partial charge >= 0.3 is 5.97 Å². The van der Waals surface area contributed by atoms with Crippen molar-refractivity contribution in [1.82, 2.24) is 5.32 Å². The predicted octanol–water partition coefficient (Wildman–Crippen LogP) is 2.25. The fraction of sp³-hybridized carbons (Fsp3) is 0.500. The van der Waals surface area contributed by atoms with Crippen molar-refractivity contribution in [1.29, 1.82) is 0 Å². The second kappa shape index (κ2) is 5.82. The van der Waals surface area contributed by atoms with Crippen molar-refractivity contribution in [3.63, 3.8) is 0 Å². The molecule has 0 aliphatic carbocycles. The number of ether oxygens (including phenoxy) is 1.